The lowest BCUT2D eigenvalue weighted by molar-refractivity contribution is -0.132. The molecular weight excluding hydrogens is 666 g/mol. The number of Topliss-reactive ketones (excluding diaryl/α,β-unsaturated/α-hetero) is 1. The number of hydrogen-bond acceptors (Lipinski definition) is 9. The van der Waals surface area contributed by atoms with E-state index in [2.05, 4.69) is 48.3 Å². The maximum absolute atomic E-state index is 13.8. The first-order valence-corrected chi connectivity index (χ1v) is 17.8. The first-order chi connectivity index (χ1) is 23.2. The molecule has 2 heterocycles. The molecule has 246 valence electrons. The summed E-state index contributed by atoms with van der Waals surface area (Å²) in [6, 6.07) is 25.1. The average molecular weight is 700 g/mol. The van der Waals surface area contributed by atoms with Crippen molar-refractivity contribution >= 4 is 68.1 Å². The predicted molar refractivity (Wildman–Crippen MR) is 192 cm³/mol. The maximum Gasteiger partial charge on any atom is 0.301 e. The Morgan fingerprint density at radius 3 is 2.52 bits per heavy atom. The van der Waals surface area contributed by atoms with Gasteiger partial charge in [0.2, 0.25) is 5.13 Å². The van der Waals surface area contributed by atoms with Crippen molar-refractivity contribution in [1.82, 2.24) is 10.2 Å². The van der Waals surface area contributed by atoms with Crippen molar-refractivity contribution in [1.29, 1.82) is 0 Å². The third kappa shape index (κ3) is 7.06. The van der Waals surface area contributed by atoms with Gasteiger partial charge in [-0.1, -0.05) is 97.1 Å². The molecule has 1 fully saturated rings. The summed E-state index contributed by atoms with van der Waals surface area (Å²) < 4.78 is 12.6. The summed E-state index contributed by atoms with van der Waals surface area (Å²) in [6.07, 6.45) is 0.868. The molecule has 1 saturated heterocycles. The predicted octanol–water partition coefficient (Wildman–Crippen LogP) is 9.09. The smallest absolute Gasteiger partial charge is 0.301 e. The van der Waals surface area contributed by atoms with Gasteiger partial charge in [-0.05, 0) is 77.6 Å². The van der Waals surface area contributed by atoms with Gasteiger partial charge in [-0.25, -0.2) is 0 Å². The molecule has 1 aliphatic rings. The largest absolute Gasteiger partial charge is 0.507 e. The Bertz CT molecular complexity index is 1990. The summed E-state index contributed by atoms with van der Waals surface area (Å²) in [5, 5.41) is 23.3. The Labute approximate surface area is 292 Å². The number of rotatable bonds is 12. The van der Waals surface area contributed by atoms with Crippen LogP contribution in [-0.4, -0.2) is 40.2 Å². The van der Waals surface area contributed by atoms with Crippen LogP contribution in [0, 0.1) is 5.92 Å². The standard InChI is InChI=1S/C37H34ClN3O5S2/c1-4-45-30-20-25(14-17-29(30)46-19-18-22(2)3)32-31(33(42)24-12-15-27(38)16-13-24)34(43)35(44)41(32)36-39-40-37(48-36)47-21-26-10-7-9-23-8-5-6-11-28(23)26/h5-17,20,22,32,42H,4,18-19,21H2,1-3H3. The van der Waals surface area contributed by atoms with E-state index < -0.39 is 17.7 Å². The van der Waals surface area contributed by atoms with Crippen molar-refractivity contribution in [3.63, 3.8) is 0 Å². The molecule has 1 unspecified atom stereocenters. The number of ketones is 1. The molecule has 0 aliphatic carbocycles. The summed E-state index contributed by atoms with van der Waals surface area (Å²) in [4.78, 5) is 28.8. The minimum Gasteiger partial charge on any atom is -0.507 e. The highest BCUT2D eigenvalue weighted by Gasteiger charge is 2.48. The van der Waals surface area contributed by atoms with Crippen molar-refractivity contribution in [2.45, 2.75) is 43.3 Å². The van der Waals surface area contributed by atoms with Crippen LogP contribution in [0.5, 0.6) is 11.5 Å². The van der Waals surface area contributed by atoms with Gasteiger partial charge in [0, 0.05) is 16.3 Å². The number of anilines is 1. The zero-order chi connectivity index (χ0) is 33.8. The normalized spacial score (nSPS) is 15.9. The van der Waals surface area contributed by atoms with Crippen LogP contribution in [0.3, 0.4) is 0 Å². The lowest BCUT2D eigenvalue weighted by Crippen LogP contribution is -2.29. The van der Waals surface area contributed by atoms with E-state index in [0.717, 1.165) is 22.8 Å². The van der Waals surface area contributed by atoms with E-state index in [1.54, 1.807) is 42.5 Å². The number of benzene rings is 4. The highest BCUT2D eigenvalue weighted by Crippen LogP contribution is 2.46. The number of carbonyl (C=O) groups excluding carboxylic acids is 2. The minimum atomic E-state index is -1.01. The van der Waals surface area contributed by atoms with Gasteiger partial charge in [0.05, 0.1) is 24.8 Å². The number of aliphatic hydroxyl groups is 1. The number of carbonyl (C=O) groups is 2. The van der Waals surface area contributed by atoms with E-state index in [4.69, 9.17) is 21.1 Å². The number of aliphatic hydroxyl groups excluding tert-OH is 1. The topological polar surface area (TPSA) is 102 Å². The van der Waals surface area contributed by atoms with Gasteiger partial charge in [-0.15, -0.1) is 10.2 Å². The number of amides is 1. The number of aromatic nitrogens is 2. The Hall–Kier alpha value is -4.38. The van der Waals surface area contributed by atoms with Crippen molar-refractivity contribution in [2.75, 3.05) is 18.1 Å². The Kier molecular flexibility index (Phi) is 10.3. The number of fused-ring (bicyclic) bond motifs is 1. The molecule has 5 aromatic rings. The van der Waals surface area contributed by atoms with Gasteiger partial charge in [0.25, 0.3) is 5.78 Å². The molecule has 1 amide bonds. The van der Waals surface area contributed by atoms with Crippen molar-refractivity contribution < 1.29 is 24.2 Å². The van der Waals surface area contributed by atoms with Crippen LogP contribution in [0.1, 0.15) is 49.9 Å². The van der Waals surface area contributed by atoms with Crippen LogP contribution in [0.2, 0.25) is 5.02 Å². The van der Waals surface area contributed by atoms with Gasteiger partial charge < -0.3 is 14.6 Å². The van der Waals surface area contributed by atoms with Crippen molar-refractivity contribution in [3.05, 3.63) is 112 Å². The molecule has 8 nitrogen and oxygen atoms in total. The SMILES string of the molecule is CCOc1cc(C2C(=C(O)c3ccc(Cl)cc3)C(=O)C(=O)N2c2nnc(SCc3cccc4ccccc34)s2)ccc1OCCC(C)C. The van der Waals surface area contributed by atoms with Gasteiger partial charge in [0.1, 0.15) is 5.76 Å². The molecular formula is C37H34ClN3O5S2. The second-order valence-corrected chi connectivity index (χ2v) is 14.2. The van der Waals surface area contributed by atoms with E-state index in [1.165, 1.54) is 28.0 Å². The van der Waals surface area contributed by atoms with Crippen LogP contribution < -0.4 is 14.4 Å². The van der Waals surface area contributed by atoms with E-state index in [-0.39, 0.29) is 16.5 Å². The van der Waals surface area contributed by atoms with Crippen molar-refractivity contribution in [3.8, 4) is 11.5 Å². The first kappa shape index (κ1) is 33.5. The molecule has 1 N–H and O–H groups in total. The molecule has 48 heavy (non-hydrogen) atoms. The molecule has 0 saturated carbocycles. The molecule has 1 atom stereocenters. The number of hydrogen-bond donors (Lipinski definition) is 1. The van der Waals surface area contributed by atoms with E-state index in [1.807, 2.05) is 25.1 Å². The molecule has 11 heteroatoms. The second-order valence-electron chi connectivity index (χ2n) is 11.6. The van der Waals surface area contributed by atoms with Crippen LogP contribution in [0.15, 0.2) is 94.8 Å². The highest BCUT2D eigenvalue weighted by molar-refractivity contribution is 8.00. The molecule has 0 bridgehead atoms. The number of nitrogens with zero attached hydrogens (tertiary/aromatic N) is 3. The van der Waals surface area contributed by atoms with E-state index in [9.17, 15) is 14.7 Å². The Morgan fingerprint density at radius 2 is 1.75 bits per heavy atom. The molecule has 4 aromatic carbocycles. The highest BCUT2D eigenvalue weighted by atomic mass is 35.5. The maximum atomic E-state index is 13.8. The number of halogens is 1. The fourth-order valence-corrected chi connectivity index (χ4v) is 7.51. The van der Waals surface area contributed by atoms with Crippen LogP contribution >= 0.6 is 34.7 Å². The minimum absolute atomic E-state index is 0.0709. The summed E-state index contributed by atoms with van der Waals surface area (Å²) in [5.74, 6) is 0.177. The monoisotopic (exact) mass is 699 g/mol. The van der Waals surface area contributed by atoms with E-state index >= 15 is 0 Å². The third-order valence-electron chi connectivity index (χ3n) is 7.93. The van der Waals surface area contributed by atoms with E-state index in [0.29, 0.717) is 56.9 Å². The summed E-state index contributed by atoms with van der Waals surface area (Å²) >= 11 is 8.82. The average Bonchev–Trinajstić information content (AvgIpc) is 3.65. The Balaban J connectivity index is 1.38. The molecule has 0 spiro atoms. The zero-order valence-corrected chi connectivity index (χ0v) is 29.1. The zero-order valence-electron chi connectivity index (χ0n) is 26.7. The van der Waals surface area contributed by atoms with Gasteiger partial charge >= 0.3 is 5.91 Å². The molecule has 1 aliphatic heterocycles. The second kappa shape index (κ2) is 14.8. The number of ether oxygens (including phenoxy) is 2. The lowest BCUT2D eigenvalue weighted by Gasteiger charge is -2.24. The Morgan fingerprint density at radius 1 is 0.979 bits per heavy atom. The lowest BCUT2D eigenvalue weighted by atomic mass is 9.95. The fraction of sp³-hybridized carbons (Fsp3) is 0.243. The summed E-state index contributed by atoms with van der Waals surface area (Å²) in [7, 11) is 0. The van der Waals surface area contributed by atoms with Crippen LogP contribution in [-0.2, 0) is 15.3 Å². The summed E-state index contributed by atoms with van der Waals surface area (Å²) in [6.45, 7) is 7.01. The quantitative estimate of drug-likeness (QED) is 0.0453. The molecule has 1 aromatic heterocycles. The first-order valence-electron chi connectivity index (χ1n) is 15.6. The summed E-state index contributed by atoms with van der Waals surface area (Å²) in [5.41, 5.74) is 1.98. The van der Waals surface area contributed by atoms with Gasteiger partial charge in [-0.2, -0.15) is 0 Å². The van der Waals surface area contributed by atoms with Crippen LogP contribution in [0.4, 0.5) is 5.13 Å². The molecule has 0 radical (unpaired) electrons. The van der Waals surface area contributed by atoms with Crippen LogP contribution in [0.25, 0.3) is 16.5 Å². The van der Waals surface area contributed by atoms with Crippen molar-refractivity contribution in [2.24, 2.45) is 5.92 Å². The molecule has 6 rings (SSSR count). The fourth-order valence-electron chi connectivity index (χ4n) is 5.51. The number of thioether (sulfide) groups is 1. The third-order valence-corrected chi connectivity index (χ3v) is 10.3. The van der Waals surface area contributed by atoms with Gasteiger partial charge in [-0.3, -0.25) is 14.5 Å². The van der Waals surface area contributed by atoms with Gasteiger partial charge in [0.15, 0.2) is 15.8 Å².